The third-order valence-electron chi connectivity index (χ3n) is 6.37. The van der Waals surface area contributed by atoms with E-state index in [1.54, 1.807) is 14.2 Å². The number of allylic oxidation sites excluding steroid dienone is 1. The van der Waals surface area contributed by atoms with Crippen LogP contribution in [0.4, 0.5) is 0 Å². The van der Waals surface area contributed by atoms with Gasteiger partial charge in [-0.1, -0.05) is 66.7 Å². The van der Waals surface area contributed by atoms with Crippen molar-refractivity contribution in [3.8, 4) is 5.75 Å². The molecule has 0 bridgehead atoms. The van der Waals surface area contributed by atoms with Gasteiger partial charge in [-0.15, -0.1) is 0 Å². The van der Waals surface area contributed by atoms with Crippen molar-refractivity contribution in [2.24, 2.45) is 5.92 Å². The average molecular weight is 577 g/mol. The number of halogens is 1. The van der Waals surface area contributed by atoms with Gasteiger partial charge in [0.15, 0.2) is 0 Å². The third-order valence-corrected chi connectivity index (χ3v) is 12.9. The molecule has 0 aliphatic heterocycles. The maximum absolute atomic E-state index is 7.19. The van der Waals surface area contributed by atoms with Crippen LogP contribution in [0.25, 0.3) is 0 Å². The number of ether oxygens (including phenoxy) is 3. The predicted molar refractivity (Wildman–Crippen MR) is 146 cm³/mol. The molecule has 0 aliphatic rings. The molecule has 0 fully saturated rings. The molecule has 184 valence electrons. The van der Waals surface area contributed by atoms with E-state index in [-0.39, 0.29) is 18.1 Å². The molecule has 0 aliphatic carbocycles. The summed E-state index contributed by atoms with van der Waals surface area (Å²) in [5, 5.41) is 0. The lowest BCUT2D eigenvalue weighted by Gasteiger charge is -2.46. The van der Waals surface area contributed by atoms with Gasteiger partial charge in [-0.3, -0.25) is 0 Å². The molecule has 0 heterocycles. The smallest absolute Gasteiger partial charge is 0.201 e. The van der Waals surface area contributed by atoms with Gasteiger partial charge >= 0.3 is 0 Å². The molecule has 1 aromatic rings. The largest absolute Gasteiger partial charge is 0.497 e. The summed E-state index contributed by atoms with van der Waals surface area (Å²) >= 11 is 2.37. The highest BCUT2D eigenvalue weighted by atomic mass is 127. The summed E-state index contributed by atoms with van der Waals surface area (Å²) in [6, 6.07) is 8.07. The lowest BCUT2D eigenvalue weighted by Crippen LogP contribution is -2.54. The Hall–Kier alpha value is -0.413. The van der Waals surface area contributed by atoms with Crippen LogP contribution in [0.1, 0.15) is 61.0 Å². The number of benzene rings is 1. The van der Waals surface area contributed by atoms with Crippen LogP contribution in [0.5, 0.6) is 5.75 Å². The molecule has 0 N–H and O–H groups in total. The van der Waals surface area contributed by atoms with Gasteiger partial charge in [0.25, 0.3) is 0 Å². The maximum atomic E-state index is 7.19. The van der Waals surface area contributed by atoms with Gasteiger partial charge < -0.3 is 18.6 Å². The summed E-state index contributed by atoms with van der Waals surface area (Å²) in [5.41, 5.74) is 2.62. The minimum absolute atomic E-state index is 0.107. The second kappa shape index (κ2) is 14.1. The van der Waals surface area contributed by atoms with Crippen LogP contribution in [-0.4, -0.2) is 41.4 Å². The van der Waals surface area contributed by atoms with E-state index in [1.807, 2.05) is 12.1 Å². The molecule has 0 radical (unpaired) electrons. The number of rotatable bonds is 14. The normalized spacial score (nSPS) is 16.0. The van der Waals surface area contributed by atoms with Gasteiger partial charge in [-0.25, -0.2) is 0 Å². The second-order valence-corrected chi connectivity index (χ2v) is 16.8. The maximum Gasteiger partial charge on any atom is 0.201 e. The van der Waals surface area contributed by atoms with Crippen LogP contribution in [0.3, 0.4) is 0 Å². The molecular formula is C26H45IO4Si. The van der Waals surface area contributed by atoms with Crippen LogP contribution >= 0.6 is 22.6 Å². The molecule has 1 aromatic carbocycles. The molecule has 4 nitrogen and oxygen atoms in total. The van der Waals surface area contributed by atoms with Gasteiger partial charge in [-0.05, 0) is 67.4 Å². The zero-order valence-electron chi connectivity index (χ0n) is 21.8. The quantitative estimate of drug-likeness (QED) is 0.168. The fraction of sp³-hybridized carbons (Fsp3) is 0.692. The fourth-order valence-electron chi connectivity index (χ4n) is 5.00. The van der Waals surface area contributed by atoms with E-state index < -0.39 is 8.32 Å². The van der Waals surface area contributed by atoms with Gasteiger partial charge in [0.1, 0.15) is 5.75 Å². The fourth-order valence-corrected chi connectivity index (χ4v) is 11.1. The molecule has 0 spiro atoms. The molecule has 0 aromatic heterocycles. The first-order valence-electron chi connectivity index (χ1n) is 11.7. The summed E-state index contributed by atoms with van der Waals surface area (Å²) in [6.45, 7) is 19.3. The Morgan fingerprint density at radius 2 is 1.47 bits per heavy atom. The van der Waals surface area contributed by atoms with Gasteiger partial charge in [0.05, 0.1) is 32.5 Å². The molecule has 0 unspecified atom stereocenters. The second-order valence-electron chi connectivity index (χ2n) is 9.67. The Bertz CT molecular complexity index is 662. The number of hydrogen-bond acceptors (Lipinski definition) is 4. The summed E-state index contributed by atoms with van der Waals surface area (Å²) in [4.78, 5) is 0. The summed E-state index contributed by atoms with van der Waals surface area (Å²) in [5.74, 6) is 1.05. The summed E-state index contributed by atoms with van der Waals surface area (Å²) < 4.78 is 26.0. The monoisotopic (exact) mass is 576 g/mol. The Morgan fingerprint density at radius 3 is 1.88 bits per heavy atom. The Balaban J connectivity index is 3.28. The van der Waals surface area contributed by atoms with Crippen molar-refractivity contribution in [3.63, 3.8) is 0 Å². The number of hydrogen-bond donors (Lipinski definition) is 0. The third kappa shape index (κ3) is 8.11. The van der Waals surface area contributed by atoms with E-state index >= 15 is 0 Å². The molecule has 0 saturated heterocycles. The highest BCUT2D eigenvalue weighted by Gasteiger charge is 2.48. The van der Waals surface area contributed by atoms with Crippen molar-refractivity contribution in [2.75, 3.05) is 20.8 Å². The van der Waals surface area contributed by atoms with E-state index in [0.29, 0.717) is 29.8 Å². The number of methoxy groups -OCH3 is 2. The summed E-state index contributed by atoms with van der Waals surface area (Å²) in [7, 11) is 1.34. The first-order valence-corrected chi connectivity index (χ1v) is 15.0. The van der Waals surface area contributed by atoms with E-state index in [4.69, 9.17) is 18.6 Å². The van der Waals surface area contributed by atoms with Gasteiger partial charge in [0, 0.05) is 13.0 Å². The van der Waals surface area contributed by atoms with E-state index in [9.17, 15) is 0 Å². The van der Waals surface area contributed by atoms with Crippen molar-refractivity contribution in [3.05, 3.63) is 39.5 Å². The average Bonchev–Trinajstić information content (AvgIpc) is 2.70. The molecule has 1 rings (SSSR count). The van der Waals surface area contributed by atoms with E-state index in [2.05, 4.69) is 96.2 Å². The van der Waals surface area contributed by atoms with Crippen LogP contribution in [0.15, 0.2) is 33.9 Å². The van der Waals surface area contributed by atoms with E-state index in [0.717, 1.165) is 11.3 Å². The molecular weight excluding hydrogens is 531 g/mol. The Labute approximate surface area is 211 Å². The van der Waals surface area contributed by atoms with Crippen LogP contribution < -0.4 is 4.74 Å². The Kier molecular flexibility index (Phi) is 13.0. The lowest BCUT2D eigenvalue weighted by molar-refractivity contribution is -0.0817. The van der Waals surface area contributed by atoms with Gasteiger partial charge in [0.2, 0.25) is 8.32 Å². The zero-order valence-corrected chi connectivity index (χ0v) is 24.9. The molecule has 3 atom stereocenters. The first kappa shape index (κ1) is 29.6. The van der Waals surface area contributed by atoms with Crippen molar-refractivity contribution in [1.29, 1.82) is 0 Å². The summed E-state index contributed by atoms with van der Waals surface area (Å²) in [6.07, 6.45) is 2.04. The predicted octanol–water partition coefficient (Wildman–Crippen LogP) is 7.76. The highest BCUT2D eigenvalue weighted by Crippen LogP contribution is 2.44. The van der Waals surface area contributed by atoms with Crippen LogP contribution in [0.2, 0.25) is 16.6 Å². The van der Waals surface area contributed by atoms with Crippen molar-refractivity contribution >= 4 is 30.9 Å². The molecule has 0 amide bonds. The van der Waals surface area contributed by atoms with Crippen molar-refractivity contribution < 1.29 is 18.6 Å². The SMILES string of the molecule is COC[C@H](O[Si](C(C)C)(C(C)C)C(C)C)[C@@H](OCc1ccc(OC)cc1)[C@H](C)/C=C(\C)I. The van der Waals surface area contributed by atoms with Gasteiger partial charge in [-0.2, -0.15) is 0 Å². The first-order chi connectivity index (χ1) is 15.0. The van der Waals surface area contributed by atoms with Crippen molar-refractivity contribution in [2.45, 2.75) is 90.8 Å². The minimum atomic E-state index is -2.10. The van der Waals surface area contributed by atoms with E-state index in [1.165, 1.54) is 3.58 Å². The van der Waals surface area contributed by atoms with Crippen LogP contribution in [0, 0.1) is 5.92 Å². The lowest BCUT2D eigenvalue weighted by atomic mass is 9.99. The van der Waals surface area contributed by atoms with Crippen LogP contribution in [-0.2, 0) is 20.5 Å². The standard InChI is InChI=1S/C26H45IO4Si/c1-18(2)32(19(3)4,20(5)6)31-25(17-28-9)26(21(7)15-22(8)27)30-16-23-11-13-24(29-10)14-12-23/h11-15,18-21,25-26H,16-17H2,1-10H3/b22-15+/t21-,25+,26+/m1/s1. The molecule has 32 heavy (non-hydrogen) atoms. The Morgan fingerprint density at radius 1 is 0.938 bits per heavy atom. The molecule has 0 saturated carbocycles. The molecule has 6 heteroatoms. The topological polar surface area (TPSA) is 36.9 Å². The minimum Gasteiger partial charge on any atom is -0.497 e. The highest BCUT2D eigenvalue weighted by molar-refractivity contribution is 14.1. The zero-order chi connectivity index (χ0) is 24.5. The van der Waals surface area contributed by atoms with Crippen molar-refractivity contribution in [1.82, 2.24) is 0 Å².